The summed E-state index contributed by atoms with van der Waals surface area (Å²) in [6, 6.07) is 1.88. The smallest absolute Gasteiger partial charge is 0.270 e. The normalized spacial score (nSPS) is 14.4. The van der Waals surface area contributed by atoms with Crippen molar-refractivity contribution in [1.29, 1.82) is 0 Å². The Labute approximate surface area is 121 Å². The third-order valence-corrected chi connectivity index (χ3v) is 4.18. The van der Waals surface area contributed by atoms with E-state index in [-0.39, 0.29) is 5.91 Å². The summed E-state index contributed by atoms with van der Waals surface area (Å²) in [7, 11) is 0. The molecule has 2 aromatic heterocycles. The van der Waals surface area contributed by atoms with Gasteiger partial charge in [0.15, 0.2) is 5.82 Å². The first kappa shape index (κ1) is 13.3. The average molecular weight is 291 g/mol. The number of unbranched alkanes of at least 4 members (excludes halogenated alkanes) is 1. The standard InChI is InChI=1S/C14H17N3O2S/c1-2-3-4-11(18)15-10-7-8-20-12(10)14-16-13(17-19-14)9-5-6-9/h7-9H,2-6H2,1H3,(H,15,18). The lowest BCUT2D eigenvalue weighted by Gasteiger charge is -2.03. The molecule has 0 radical (unpaired) electrons. The second-order valence-corrected chi connectivity index (χ2v) is 5.96. The SMILES string of the molecule is CCCCC(=O)Nc1ccsc1-c1nc(C2CC2)no1. The molecule has 3 rings (SSSR count). The molecule has 0 saturated heterocycles. The first-order valence-electron chi connectivity index (χ1n) is 6.99. The number of rotatable bonds is 6. The van der Waals surface area contributed by atoms with Gasteiger partial charge in [-0.15, -0.1) is 11.3 Å². The fourth-order valence-corrected chi connectivity index (χ4v) is 2.73. The average Bonchev–Trinajstić information content (AvgIpc) is 3.00. The van der Waals surface area contributed by atoms with Gasteiger partial charge in [-0.05, 0) is 30.7 Å². The van der Waals surface area contributed by atoms with Crippen molar-refractivity contribution >= 4 is 22.9 Å². The highest BCUT2D eigenvalue weighted by Crippen LogP contribution is 2.40. The van der Waals surface area contributed by atoms with Crippen LogP contribution >= 0.6 is 11.3 Å². The summed E-state index contributed by atoms with van der Waals surface area (Å²) >= 11 is 1.50. The molecule has 0 aliphatic heterocycles. The van der Waals surface area contributed by atoms with Gasteiger partial charge in [-0.3, -0.25) is 4.79 Å². The number of amides is 1. The summed E-state index contributed by atoms with van der Waals surface area (Å²) in [6.45, 7) is 2.07. The molecule has 1 N–H and O–H groups in total. The Morgan fingerprint density at radius 1 is 1.55 bits per heavy atom. The Morgan fingerprint density at radius 3 is 3.15 bits per heavy atom. The number of aromatic nitrogens is 2. The number of nitrogens with zero attached hydrogens (tertiary/aromatic N) is 2. The van der Waals surface area contributed by atoms with E-state index in [1.165, 1.54) is 11.3 Å². The minimum atomic E-state index is 0.0356. The topological polar surface area (TPSA) is 68.0 Å². The summed E-state index contributed by atoms with van der Waals surface area (Å²) < 4.78 is 5.31. The number of hydrogen-bond acceptors (Lipinski definition) is 5. The quantitative estimate of drug-likeness (QED) is 0.878. The van der Waals surface area contributed by atoms with Crippen molar-refractivity contribution in [1.82, 2.24) is 10.1 Å². The molecule has 1 amide bonds. The zero-order valence-electron chi connectivity index (χ0n) is 11.4. The molecule has 0 aromatic carbocycles. The number of anilines is 1. The third-order valence-electron chi connectivity index (χ3n) is 3.28. The molecule has 0 bridgehead atoms. The van der Waals surface area contributed by atoms with Crippen LogP contribution in [-0.4, -0.2) is 16.0 Å². The van der Waals surface area contributed by atoms with E-state index in [1.807, 2.05) is 11.4 Å². The van der Waals surface area contributed by atoms with Crippen molar-refractivity contribution in [3.63, 3.8) is 0 Å². The Kier molecular flexibility index (Phi) is 3.82. The van der Waals surface area contributed by atoms with Gasteiger partial charge >= 0.3 is 0 Å². The highest BCUT2D eigenvalue weighted by molar-refractivity contribution is 7.14. The van der Waals surface area contributed by atoms with Gasteiger partial charge in [-0.1, -0.05) is 18.5 Å². The first-order valence-corrected chi connectivity index (χ1v) is 7.87. The summed E-state index contributed by atoms with van der Waals surface area (Å²) in [5.41, 5.74) is 0.766. The predicted molar refractivity (Wildman–Crippen MR) is 77.7 cm³/mol. The Hall–Kier alpha value is -1.69. The Morgan fingerprint density at radius 2 is 2.40 bits per heavy atom. The molecular formula is C14H17N3O2S. The molecule has 5 nitrogen and oxygen atoms in total. The monoisotopic (exact) mass is 291 g/mol. The lowest BCUT2D eigenvalue weighted by atomic mass is 10.2. The van der Waals surface area contributed by atoms with Gasteiger partial charge < -0.3 is 9.84 Å². The fourth-order valence-electron chi connectivity index (χ4n) is 1.96. The van der Waals surface area contributed by atoms with E-state index in [2.05, 4.69) is 22.4 Å². The molecule has 1 aliphatic carbocycles. The molecule has 2 heterocycles. The van der Waals surface area contributed by atoms with Gasteiger partial charge in [-0.2, -0.15) is 4.98 Å². The third kappa shape index (κ3) is 2.90. The molecular weight excluding hydrogens is 274 g/mol. The van der Waals surface area contributed by atoms with Gasteiger partial charge in [0, 0.05) is 12.3 Å². The molecule has 0 unspecified atom stereocenters. The van der Waals surface area contributed by atoms with Gasteiger partial charge in [0.2, 0.25) is 5.91 Å². The van der Waals surface area contributed by atoms with Crippen LogP contribution < -0.4 is 5.32 Å². The maximum absolute atomic E-state index is 11.8. The number of carbonyl (C=O) groups is 1. The number of nitrogens with one attached hydrogen (secondary N) is 1. The highest BCUT2D eigenvalue weighted by Gasteiger charge is 2.29. The molecule has 1 aliphatic rings. The van der Waals surface area contributed by atoms with Crippen molar-refractivity contribution in [3.05, 3.63) is 17.3 Å². The lowest BCUT2D eigenvalue weighted by Crippen LogP contribution is -2.10. The zero-order valence-corrected chi connectivity index (χ0v) is 12.2. The number of hydrogen-bond donors (Lipinski definition) is 1. The Balaban J connectivity index is 1.73. The molecule has 0 spiro atoms. The summed E-state index contributed by atoms with van der Waals surface area (Å²) in [5.74, 6) is 1.80. The second-order valence-electron chi connectivity index (χ2n) is 5.05. The van der Waals surface area contributed by atoms with E-state index in [0.717, 1.165) is 42.1 Å². The van der Waals surface area contributed by atoms with Crippen molar-refractivity contribution < 1.29 is 9.32 Å². The van der Waals surface area contributed by atoms with Crippen LogP contribution in [0.15, 0.2) is 16.0 Å². The maximum atomic E-state index is 11.8. The van der Waals surface area contributed by atoms with Gasteiger partial charge in [0.1, 0.15) is 4.88 Å². The number of thiophene rings is 1. The van der Waals surface area contributed by atoms with Crippen LogP contribution in [0.5, 0.6) is 0 Å². The Bertz CT molecular complexity index is 601. The minimum absolute atomic E-state index is 0.0356. The van der Waals surface area contributed by atoms with Crippen LogP contribution in [0.4, 0.5) is 5.69 Å². The molecule has 106 valence electrons. The van der Waals surface area contributed by atoms with Crippen molar-refractivity contribution in [2.75, 3.05) is 5.32 Å². The van der Waals surface area contributed by atoms with E-state index in [4.69, 9.17) is 4.52 Å². The summed E-state index contributed by atoms with van der Waals surface area (Å²) in [6.07, 6.45) is 4.74. The van der Waals surface area contributed by atoms with E-state index in [9.17, 15) is 4.79 Å². The van der Waals surface area contributed by atoms with Crippen LogP contribution in [0.25, 0.3) is 10.8 Å². The van der Waals surface area contributed by atoms with Crippen molar-refractivity contribution in [3.8, 4) is 10.8 Å². The van der Waals surface area contributed by atoms with E-state index < -0.39 is 0 Å². The second kappa shape index (κ2) is 5.75. The lowest BCUT2D eigenvalue weighted by molar-refractivity contribution is -0.116. The molecule has 1 saturated carbocycles. The molecule has 6 heteroatoms. The highest BCUT2D eigenvalue weighted by atomic mass is 32.1. The van der Waals surface area contributed by atoms with E-state index >= 15 is 0 Å². The molecule has 0 atom stereocenters. The van der Waals surface area contributed by atoms with E-state index in [1.54, 1.807) is 0 Å². The zero-order chi connectivity index (χ0) is 13.9. The minimum Gasteiger partial charge on any atom is -0.333 e. The fraction of sp³-hybridized carbons (Fsp3) is 0.500. The van der Waals surface area contributed by atoms with Crippen LogP contribution in [0, 0.1) is 0 Å². The van der Waals surface area contributed by atoms with E-state index in [0.29, 0.717) is 18.2 Å². The first-order chi connectivity index (χ1) is 9.78. The van der Waals surface area contributed by atoms with Crippen molar-refractivity contribution in [2.45, 2.75) is 44.9 Å². The number of carbonyl (C=O) groups excluding carboxylic acids is 1. The van der Waals surface area contributed by atoms with Gasteiger partial charge in [-0.25, -0.2) is 0 Å². The van der Waals surface area contributed by atoms with Crippen LogP contribution in [0.1, 0.15) is 50.8 Å². The molecule has 20 heavy (non-hydrogen) atoms. The van der Waals surface area contributed by atoms with Crippen LogP contribution in [-0.2, 0) is 4.79 Å². The largest absolute Gasteiger partial charge is 0.333 e. The summed E-state index contributed by atoms with van der Waals surface area (Å²) in [4.78, 5) is 17.1. The predicted octanol–water partition coefficient (Wildman–Crippen LogP) is 3.80. The molecule has 1 fully saturated rings. The maximum Gasteiger partial charge on any atom is 0.270 e. The van der Waals surface area contributed by atoms with Crippen molar-refractivity contribution in [2.24, 2.45) is 0 Å². The van der Waals surface area contributed by atoms with Gasteiger partial charge in [0.25, 0.3) is 5.89 Å². The van der Waals surface area contributed by atoms with Crippen LogP contribution in [0.2, 0.25) is 0 Å². The molecule has 2 aromatic rings. The van der Waals surface area contributed by atoms with Crippen LogP contribution in [0.3, 0.4) is 0 Å². The summed E-state index contributed by atoms with van der Waals surface area (Å²) in [5, 5.41) is 8.86. The van der Waals surface area contributed by atoms with Gasteiger partial charge in [0.05, 0.1) is 5.69 Å².